The highest BCUT2D eigenvalue weighted by atomic mass is 31.2. The minimum atomic E-state index is -4.57. The van der Waals surface area contributed by atoms with Crippen LogP contribution in [0.1, 0.15) is 117 Å². The molecule has 0 aromatic carbocycles. The lowest BCUT2D eigenvalue weighted by Gasteiger charge is -2.28. The molecule has 0 saturated carbocycles. The first-order valence-corrected chi connectivity index (χ1v) is 24.0. The molecule has 8 nitrogen and oxygen atoms in total. The van der Waals surface area contributed by atoms with Gasteiger partial charge >= 0.3 is 5.97 Å². The number of esters is 1. The van der Waals surface area contributed by atoms with Gasteiger partial charge in [-0.1, -0.05) is 160 Å². The molecule has 0 radical (unpaired) electrons. The summed E-state index contributed by atoms with van der Waals surface area (Å²) in [5, 5.41) is 0. The number of allylic oxidation sites excluding steroid dienone is 23. The third-order valence-corrected chi connectivity index (χ3v) is 9.37. The first-order valence-electron chi connectivity index (χ1n) is 22.6. The molecule has 0 aromatic heterocycles. The number of carbonyl (C=O) groups excluding carboxylic acids is 1. The SMILES string of the molecule is CC/C=C\C/C=C\C/C=C\C/C=C\C/C=C\C/C=C\C/C=C\CCCC(=O)OC(COCC/C=C\C/C=C\C/C=C\C/C=C\C/C=C\CC)COP(=O)([O-])OCC[N+](C)(C)C. The first-order chi connectivity index (χ1) is 29.6. The molecular formula is C52H82NO7P. The van der Waals surface area contributed by atoms with Gasteiger partial charge in [-0.25, -0.2) is 0 Å². The summed E-state index contributed by atoms with van der Waals surface area (Å²) in [7, 11) is 1.24. The fourth-order valence-electron chi connectivity index (χ4n) is 5.01. The van der Waals surface area contributed by atoms with Crippen LogP contribution in [0.25, 0.3) is 0 Å². The predicted molar refractivity (Wildman–Crippen MR) is 258 cm³/mol. The Morgan fingerprint density at radius 2 is 0.869 bits per heavy atom. The number of phosphoric ester groups is 1. The second-order valence-electron chi connectivity index (χ2n) is 15.3. The Morgan fingerprint density at radius 1 is 0.508 bits per heavy atom. The number of carbonyl (C=O) groups is 1. The Hall–Kier alpha value is -3.62. The number of phosphoric acid groups is 1. The van der Waals surface area contributed by atoms with Crippen molar-refractivity contribution in [3.63, 3.8) is 0 Å². The highest BCUT2D eigenvalue weighted by Gasteiger charge is 2.20. The third kappa shape index (κ3) is 47.3. The van der Waals surface area contributed by atoms with Crippen LogP contribution in [-0.2, 0) is 27.9 Å². The molecule has 0 spiro atoms. The third-order valence-electron chi connectivity index (χ3n) is 8.41. The maximum atomic E-state index is 12.7. The monoisotopic (exact) mass is 864 g/mol. The molecule has 61 heavy (non-hydrogen) atoms. The topological polar surface area (TPSA) is 94.1 Å². The quantitative estimate of drug-likeness (QED) is 0.0200. The number of quaternary nitrogens is 1. The van der Waals surface area contributed by atoms with E-state index < -0.39 is 19.9 Å². The normalized spacial score (nSPS) is 15.0. The number of hydrogen-bond acceptors (Lipinski definition) is 7. The van der Waals surface area contributed by atoms with E-state index in [1.807, 2.05) is 27.2 Å². The zero-order valence-electron chi connectivity index (χ0n) is 38.5. The van der Waals surface area contributed by atoms with Gasteiger partial charge in [0, 0.05) is 6.42 Å². The Kier molecular flexibility index (Phi) is 40.5. The largest absolute Gasteiger partial charge is 0.756 e. The molecular weight excluding hydrogens is 782 g/mol. The van der Waals surface area contributed by atoms with Crippen LogP contribution in [0, 0.1) is 0 Å². The van der Waals surface area contributed by atoms with Crippen molar-refractivity contribution >= 4 is 13.8 Å². The fraction of sp³-hybridized carbons (Fsp3) is 0.519. The van der Waals surface area contributed by atoms with Crippen LogP contribution in [0.4, 0.5) is 0 Å². The Morgan fingerprint density at radius 3 is 1.25 bits per heavy atom. The molecule has 0 aromatic rings. The van der Waals surface area contributed by atoms with E-state index in [-0.39, 0.29) is 26.2 Å². The van der Waals surface area contributed by atoms with E-state index in [1.165, 1.54) is 0 Å². The summed E-state index contributed by atoms with van der Waals surface area (Å²) in [6.45, 7) is 4.81. The van der Waals surface area contributed by atoms with Crippen molar-refractivity contribution in [2.75, 3.05) is 54.1 Å². The van der Waals surface area contributed by atoms with Crippen molar-refractivity contribution < 1.29 is 37.3 Å². The van der Waals surface area contributed by atoms with Gasteiger partial charge < -0.3 is 27.9 Å². The molecule has 0 aliphatic rings. The van der Waals surface area contributed by atoms with Crippen molar-refractivity contribution in [3.8, 4) is 0 Å². The average Bonchev–Trinajstić information content (AvgIpc) is 3.22. The van der Waals surface area contributed by atoms with E-state index in [2.05, 4.69) is 154 Å². The highest BCUT2D eigenvalue weighted by Crippen LogP contribution is 2.38. The molecule has 0 aliphatic heterocycles. The minimum absolute atomic E-state index is 0.00785. The molecule has 0 fully saturated rings. The highest BCUT2D eigenvalue weighted by molar-refractivity contribution is 7.45. The van der Waals surface area contributed by atoms with Crippen molar-refractivity contribution in [1.82, 2.24) is 0 Å². The molecule has 0 bridgehead atoms. The molecule has 9 heteroatoms. The standard InChI is InChI=1S/C52H82NO7P/c1-6-8-10-12-14-16-18-20-22-24-25-26-27-28-29-30-31-33-35-37-39-41-43-45-52(54)60-51(50-59-61(55,56)58-48-46-53(3,4)5)49-57-47-44-42-40-38-36-34-32-23-21-19-17-15-13-11-9-7-2/h8-11,14-17,20-23,25-26,28-29,31,33-34,36-37,39-40,42,51H,6-7,12-13,18-19,24,27,30,32,35,38,41,43-50H2,1-5H3/b10-8-,11-9-,16-14-,17-15-,22-20-,23-21-,26-25-,29-28-,33-31-,36-34-,39-37-,42-40-. The summed E-state index contributed by atoms with van der Waals surface area (Å²) < 4.78 is 34.4. The second kappa shape index (κ2) is 43.0. The van der Waals surface area contributed by atoms with Crippen LogP contribution in [-0.4, -0.2) is 70.7 Å². The van der Waals surface area contributed by atoms with Crippen LogP contribution in [0.15, 0.2) is 146 Å². The van der Waals surface area contributed by atoms with Gasteiger partial charge in [0.1, 0.15) is 19.3 Å². The summed E-state index contributed by atoms with van der Waals surface area (Å²) >= 11 is 0. The van der Waals surface area contributed by atoms with Crippen molar-refractivity contribution in [2.45, 2.75) is 123 Å². The second-order valence-corrected chi connectivity index (χ2v) is 16.7. The van der Waals surface area contributed by atoms with Gasteiger partial charge in [-0.2, -0.15) is 0 Å². The Balaban J connectivity index is 4.48. The van der Waals surface area contributed by atoms with Gasteiger partial charge in [0.15, 0.2) is 0 Å². The van der Waals surface area contributed by atoms with Crippen LogP contribution in [0.5, 0.6) is 0 Å². The fourth-order valence-corrected chi connectivity index (χ4v) is 5.74. The maximum absolute atomic E-state index is 12.7. The van der Waals surface area contributed by atoms with E-state index in [0.717, 1.165) is 83.5 Å². The smallest absolute Gasteiger partial charge is 0.306 e. The van der Waals surface area contributed by atoms with Crippen LogP contribution < -0.4 is 4.89 Å². The number of likely N-dealkylation sites (N-methyl/N-ethyl adjacent to an activating group) is 1. The molecule has 0 amide bonds. The van der Waals surface area contributed by atoms with Gasteiger partial charge in [-0.15, -0.1) is 0 Å². The summed E-state index contributed by atoms with van der Waals surface area (Å²) in [6.07, 6.45) is 64.7. The summed E-state index contributed by atoms with van der Waals surface area (Å²) in [6, 6.07) is 0. The molecule has 2 unspecified atom stereocenters. The number of unbranched alkanes of at least 4 members (excludes halogenated alkanes) is 1. The molecule has 0 N–H and O–H groups in total. The van der Waals surface area contributed by atoms with Gasteiger partial charge in [-0.05, 0) is 96.3 Å². The first kappa shape index (κ1) is 57.4. The van der Waals surface area contributed by atoms with E-state index in [1.54, 1.807) is 0 Å². The number of hydrogen-bond donors (Lipinski definition) is 0. The maximum Gasteiger partial charge on any atom is 0.306 e. The average molecular weight is 864 g/mol. The lowest BCUT2D eigenvalue weighted by Crippen LogP contribution is -2.37. The molecule has 342 valence electrons. The van der Waals surface area contributed by atoms with Gasteiger partial charge in [-0.3, -0.25) is 9.36 Å². The molecule has 0 saturated heterocycles. The van der Waals surface area contributed by atoms with Gasteiger partial charge in [0.2, 0.25) is 0 Å². The van der Waals surface area contributed by atoms with Gasteiger partial charge in [0.25, 0.3) is 7.82 Å². The zero-order chi connectivity index (χ0) is 44.8. The van der Waals surface area contributed by atoms with E-state index in [0.29, 0.717) is 30.5 Å². The Labute approximate surface area is 372 Å². The van der Waals surface area contributed by atoms with Crippen molar-refractivity contribution in [3.05, 3.63) is 146 Å². The van der Waals surface area contributed by atoms with Crippen molar-refractivity contribution in [2.24, 2.45) is 0 Å². The molecule has 2 atom stereocenters. The lowest BCUT2D eigenvalue weighted by molar-refractivity contribution is -0.870. The van der Waals surface area contributed by atoms with Gasteiger partial charge in [0.05, 0.1) is 41.0 Å². The van der Waals surface area contributed by atoms with Crippen LogP contribution in [0.2, 0.25) is 0 Å². The number of ether oxygens (including phenoxy) is 2. The molecule has 0 heterocycles. The van der Waals surface area contributed by atoms with Crippen LogP contribution in [0.3, 0.4) is 0 Å². The summed E-state index contributed by atoms with van der Waals surface area (Å²) in [5.74, 6) is -0.424. The summed E-state index contributed by atoms with van der Waals surface area (Å²) in [5.41, 5.74) is 0. The lowest BCUT2D eigenvalue weighted by atomic mass is 10.2. The number of rotatable bonds is 39. The zero-order valence-corrected chi connectivity index (χ0v) is 39.4. The van der Waals surface area contributed by atoms with E-state index in [4.69, 9.17) is 18.5 Å². The minimum Gasteiger partial charge on any atom is -0.756 e. The number of nitrogens with zero attached hydrogens (tertiary/aromatic N) is 1. The molecule has 0 rings (SSSR count). The summed E-state index contributed by atoms with van der Waals surface area (Å²) in [4.78, 5) is 25.1. The Bertz CT molecular complexity index is 1470. The predicted octanol–water partition coefficient (Wildman–Crippen LogP) is 13.1. The molecule has 0 aliphatic carbocycles. The van der Waals surface area contributed by atoms with E-state index >= 15 is 0 Å². The van der Waals surface area contributed by atoms with Crippen molar-refractivity contribution in [1.29, 1.82) is 0 Å². The van der Waals surface area contributed by atoms with E-state index in [9.17, 15) is 14.3 Å². The van der Waals surface area contributed by atoms with Crippen LogP contribution >= 0.6 is 7.82 Å².